The zero-order valence-electron chi connectivity index (χ0n) is 9.48. The Labute approximate surface area is 105 Å². The van der Waals surface area contributed by atoms with Crippen molar-refractivity contribution in [3.8, 4) is 5.75 Å². The third-order valence-corrected chi connectivity index (χ3v) is 4.22. The summed E-state index contributed by atoms with van der Waals surface area (Å²) < 4.78 is 7.00. The molecule has 1 aliphatic carbocycles. The number of benzene rings is 1. The van der Waals surface area contributed by atoms with Gasteiger partial charge in [-0.25, -0.2) is 0 Å². The molecule has 3 rings (SSSR count). The van der Waals surface area contributed by atoms with Crippen LogP contribution in [0.5, 0.6) is 5.75 Å². The molecule has 0 N–H and O–H groups in total. The van der Waals surface area contributed by atoms with Crippen molar-refractivity contribution < 1.29 is 4.74 Å². The molecule has 1 spiro atoms. The normalized spacial score (nSPS) is 20.1. The number of rotatable bonds is 1. The van der Waals surface area contributed by atoms with Gasteiger partial charge in [-0.1, -0.05) is 22.5 Å². The first-order valence-electron chi connectivity index (χ1n) is 5.75. The molecule has 2 heteroatoms. The lowest BCUT2D eigenvalue weighted by Crippen LogP contribution is -2.20. The molecule has 1 aromatic rings. The molecule has 1 aliphatic heterocycles. The van der Waals surface area contributed by atoms with E-state index in [0.717, 1.165) is 28.0 Å². The van der Waals surface area contributed by atoms with Crippen LogP contribution >= 0.6 is 15.9 Å². The largest absolute Gasteiger partial charge is 0.493 e. The second-order valence-corrected chi connectivity index (χ2v) is 5.90. The molecule has 0 saturated heterocycles. The number of ether oxygens (including phenoxy) is 1. The predicted molar refractivity (Wildman–Crippen MR) is 69.9 cm³/mol. The van der Waals surface area contributed by atoms with Gasteiger partial charge < -0.3 is 4.74 Å². The molecule has 1 fully saturated rings. The van der Waals surface area contributed by atoms with E-state index >= 15 is 0 Å². The van der Waals surface area contributed by atoms with Gasteiger partial charge in [0.05, 0.1) is 6.61 Å². The van der Waals surface area contributed by atoms with Gasteiger partial charge >= 0.3 is 0 Å². The third-order valence-electron chi connectivity index (χ3n) is 3.77. The first-order chi connectivity index (χ1) is 7.62. The fraction of sp³-hybridized carbons (Fsp3) is 0.429. The van der Waals surface area contributed by atoms with Crippen LogP contribution < -0.4 is 4.74 Å². The van der Waals surface area contributed by atoms with Gasteiger partial charge in [-0.3, -0.25) is 0 Å². The quantitative estimate of drug-likeness (QED) is 0.745. The number of allylic oxidation sites excluding steroid dienone is 1. The Bertz CT molecular complexity index is 472. The lowest BCUT2D eigenvalue weighted by molar-refractivity contribution is 0.259. The van der Waals surface area contributed by atoms with Gasteiger partial charge in [0, 0.05) is 21.0 Å². The van der Waals surface area contributed by atoms with Crippen molar-refractivity contribution in [2.75, 3.05) is 6.61 Å². The minimum Gasteiger partial charge on any atom is -0.493 e. The first-order valence-corrected chi connectivity index (χ1v) is 6.54. The fourth-order valence-corrected chi connectivity index (χ4v) is 3.07. The lowest BCUT2D eigenvalue weighted by atomic mass is 9.87. The molecule has 0 unspecified atom stereocenters. The van der Waals surface area contributed by atoms with Crippen LogP contribution in [0, 0.1) is 0 Å². The molecule has 1 heterocycles. The van der Waals surface area contributed by atoms with Gasteiger partial charge in [0.25, 0.3) is 0 Å². The van der Waals surface area contributed by atoms with Gasteiger partial charge in [0.1, 0.15) is 5.75 Å². The van der Waals surface area contributed by atoms with Gasteiger partial charge in [-0.05, 0) is 43.9 Å². The van der Waals surface area contributed by atoms with Crippen LogP contribution in [-0.2, 0) is 5.41 Å². The Morgan fingerprint density at radius 3 is 2.75 bits per heavy atom. The van der Waals surface area contributed by atoms with E-state index in [1.54, 1.807) is 0 Å². The predicted octanol–water partition coefficient (Wildman–Crippen LogP) is 4.30. The summed E-state index contributed by atoms with van der Waals surface area (Å²) in [5.74, 6) is 1.08. The Morgan fingerprint density at radius 2 is 2.12 bits per heavy atom. The minimum absolute atomic E-state index is 0.432. The van der Waals surface area contributed by atoms with Gasteiger partial charge in [-0.2, -0.15) is 0 Å². The van der Waals surface area contributed by atoms with E-state index < -0.39 is 0 Å². The number of halogens is 1. The van der Waals surface area contributed by atoms with Gasteiger partial charge in [-0.15, -0.1) is 0 Å². The van der Waals surface area contributed by atoms with Crippen LogP contribution in [0.3, 0.4) is 0 Å². The molecule has 0 amide bonds. The zero-order valence-corrected chi connectivity index (χ0v) is 11.1. The van der Waals surface area contributed by atoms with Gasteiger partial charge in [0.2, 0.25) is 0 Å². The average molecular weight is 279 g/mol. The maximum absolute atomic E-state index is 5.86. The first kappa shape index (κ1) is 10.4. The number of hydrogen-bond acceptors (Lipinski definition) is 1. The monoisotopic (exact) mass is 278 g/mol. The molecule has 0 atom stereocenters. The summed E-state index contributed by atoms with van der Waals surface area (Å²) in [4.78, 5) is 0. The van der Waals surface area contributed by atoms with Crippen molar-refractivity contribution in [3.63, 3.8) is 0 Å². The zero-order chi connectivity index (χ0) is 11.3. The summed E-state index contributed by atoms with van der Waals surface area (Å²) in [5, 5.41) is 0. The van der Waals surface area contributed by atoms with Crippen molar-refractivity contribution in [1.29, 1.82) is 0 Å². The molecule has 2 aliphatic rings. The van der Waals surface area contributed by atoms with Crippen molar-refractivity contribution in [2.45, 2.75) is 31.6 Å². The highest BCUT2D eigenvalue weighted by Gasteiger charge is 2.48. The molecule has 0 radical (unpaired) electrons. The molecule has 1 nitrogen and oxygen atoms in total. The Balaban J connectivity index is 2.23. The Morgan fingerprint density at radius 1 is 1.38 bits per heavy atom. The Kier molecular flexibility index (Phi) is 2.19. The molecular formula is C14H15BrO. The van der Waals surface area contributed by atoms with E-state index in [0.29, 0.717) is 5.41 Å². The lowest BCUT2D eigenvalue weighted by Gasteiger charge is -2.28. The highest BCUT2D eigenvalue weighted by molar-refractivity contribution is 9.10. The maximum atomic E-state index is 5.86. The number of fused-ring (bicyclic) bond motifs is 2. The van der Waals surface area contributed by atoms with Gasteiger partial charge in [0.15, 0.2) is 0 Å². The molecule has 0 bridgehead atoms. The van der Waals surface area contributed by atoms with Crippen molar-refractivity contribution >= 4 is 21.5 Å². The molecule has 1 aromatic carbocycles. The summed E-state index contributed by atoms with van der Waals surface area (Å²) >= 11 is 3.59. The van der Waals surface area contributed by atoms with Crippen LogP contribution in [0.1, 0.15) is 37.3 Å². The van der Waals surface area contributed by atoms with E-state index in [4.69, 9.17) is 4.74 Å². The van der Waals surface area contributed by atoms with Crippen LogP contribution in [0.25, 0.3) is 5.57 Å². The maximum Gasteiger partial charge on any atom is 0.130 e. The van der Waals surface area contributed by atoms with Crippen LogP contribution in [-0.4, -0.2) is 6.61 Å². The standard InChI is InChI=1S/C14H15BrO/c1-9(2)11-7-10(15)8-12-13(11)16-6-5-14(12)3-4-14/h7-8H,1,3-6H2,2H3. The van der Waals surface area contributed by atoms with E-state index in [2.05, 4.69) is 34.6 Å². The molecular weight excluding hydrogens is 264 g/mol. The molecule has 16 heavy (non-hydrogen) atoms. The summed E-state index contributed by atoms with van der Waals surface area (Å²) in [6.45, 7) is 6.94. The summed E-state index contributed by atoms with van der Waals surface area (Å²) in [6, 6.07) is 4.34. The molecule has 0 aromatic heterocycles. The topological polar surface area (TPSA) is 9.23 Å². The Hall–Kier alpha value is -0.760. The summed E-state index contributed by atoms with van der Waals surface area (Å²) in [7, 11) is 0. The van der Waals surface area contributed by atoms with Crippen molar-refractivity contribution in [3.05, 3.63) is 34.3 Å². The summed E-state index contributed by atoms with van der Waals surface area (Å²) in [5.41, 5.74) is 4.07. The van der Waals surface area contributed by atoms with E-state index in [1.807, 2.05) is 6.92 Å². The average Bonchev–Trinajstić information content (AvgIpc) is 2.99. The van der Waals surface area contributed by atoms with Crippen LogP contribution in [0.2, 0.25) is 0 Å². The smallest absolute Gasteiger partial charge is 0.130 e. The fourth-order valence-electron chi connectivity index (χ4n) is 2.61. The van der Waals surface area contributed by atoms with Crippen molar-refractivity contribution in [2.24, 2.45) is 0 Å². The highest BCUT2D eigenvalue weighted by atomic mass is 79.9. The third kappa shape index (κ3) is 1.43. The second kappa shape index (κ2) is 3.36. The highest BCUT2D eigenvalue weighted by Crippen LogP contribution is 2.57. The minimum atomic E-state index is 0.432. The molecule has 84 valence electrons. The number of hydrogen-bond donors (Lipinski definition) is 0. The molecule has 1 saturated carbocycles. The SMILES string of the molecule is C=C(C)c1cc(Br)cc2c1OCCC21CC1. The van der Waals surface area contributed by atoms with E-state index in [-0.39, 0.29) is 0 Å². The van der Waals surface area contributed by atoms with Crippen LogP contribution in [0.15, 0.2) is 23.2 Å². The van der Waals surface area contributed by atoms with E-state index in [1.165, 1.54) is 24.8 Å². The van der Waals surface area contributed by atoms with Crippen molar-refractivity contribution in [1.82, 2.24) is 0 Å². The summed E-state index contributed by atoms with van der Waals surface area (Å²) in [6.07, 6.45) is 3.80. The van der Waals surface area contributed by atoms with Crippen LogP contribution in [0.4, 0.5) is 0 Å². The second-order valence-electron chi connectivity index (χ2n) is 4.99. The van der Waals surface area contributed by atoms with E-state index in [9.17, 15) is 0 Å².